The zero-order chi connectivity index (χ0) is 19.4. The van der Waals surface area contributed by atoms with Crippen LogP contribution in [0.15, 0.2) is 53.6 Å². The molecule has 0 unspecified atom stereocenters. The quantitative estimate of drug-likeness (QED) is 0.801. The Kier molecular flexibility index (Phi) is 5.49. The summed E-state index contributed by atoms with van der Waals surface area (Å²) in [4.78, 5) is 23.4. The van der Waals surface area contributed by atoms with Crippen LogP contribution in [0.5, 0.6) is 5.75 Å². The molecule has 27 heavy (non-hydrogen) atoms. The van der Waals surface area contributed by atoms with E-state index in [1.165, 1.54) is 6.07 Å². The number of nitrogens with one attached hydrogen (secondary N) is 1. The Bertz CT molecular complexity index is 886. The zero-order valence-electron chi connectivity index (χ0n) is 14.3. The van der Waals surface area contributed by atoms with E-state index in [0.29, 0.717) is 30.7 Å². The van der Waals surface area contributed by atoms with Crippen LogP contribution in [-0.4, -0.2) is 17.0 Å². The topological polar surface area (TPSA) is 75.6 Å². The average molecular weight is 373 g/mol. The SMILES string of the molecule is O=C(O)C1=C(C(=O)Nc2ccc(OCc3c(F)cccc3F)cc2)CCC1. The van der Waals surface area contributed by atoms with Gasteiger partial charge in [0.1, 0.15) is 24.0 Å². The number of carboxylic acid groups (broad SMARTS) is 1. The van der Waals surface area contributed by atoms with Gasteiger partial charge in [-0.25, -0.2) is 13.6 Å². The van der Waals surface area contributed by atoms with Gasteiger partial charge in [0.05, 0.1) is 5.56 Å². The van der Waals surface area contributed by atoms with Gasteiger partial charge in [-0.1, -0.05) is 6.07 Å². The fourth-order valence-electron chi connectivity index (χ4n) is 2.90. The van der Waals surface area contributed by atoms with Crippen LogP contribution in [0.2, 0.25) is 0 Å². The highest BCUT2D eigenvalue weighted by Crippen LogP contribution is 2.27. The molecule has 1 amide bonds. The number of carbonyl (C=O) groups excluding carboxylic acids is 1. The number of aliphatic carboxylic acids is 1. The second-order valence-corrected chi connectivity index (χ2v) is 6.08. The lowest BCUT2D eigenvalue weighted by Gasteiger charge is -2.10. The molecule has 0 saturated carbocycles. The number of carboxylic acids is 1. The molecule has 1 aliphatic carbocycles. The molecule has 0 atom stereocenters. The number of carbonyl (C=O) groups is 2. The average Bonchev–Trinajstić information content (AvgIpc) is 3.13. The lowest BCUT2D eigenvalue weighted by Crippen LogP contribution is -2.16. The van der Waals surface area contributed by atoms with Crippen LogP contribution in [0.4, 0.5) is 14.5 Å². The maximum atomic E-state index is 13.6. The van der Waals surface area contributed by atoms with E-state index in [1.807, 2.05) is 0 Å². The third kappa shape index (κ3) is 4.31. The number of amides is 1. The predicted molar refractivity (Wildman–Crippen MR) is 94.3 cm³/mol. The highest BCUT2D eigenvalue weighted by atomic mass is 19.1. The standard InChI is InChI=1S/C20H17F2NO4/c21-17-5-2-6-18(22)16(17)11-27-13-9-7-12(8-10-13)23-19(24)14-3-1-4-15(14)20(25)26/h2,5-10H,1,3-4,11H2,(H,23,24)(H,25,26). The smallest absolute Gasteiger partial charge is 0.332 e. The molecule has 0 spiro atoms. The minimum Gasteiger partial charge on any atom is -0.489 e. The number of anilines is 1. The van der Waals surface area contributed by atoms with Gasteiger partial charge in [0, 0.05) is 16.8 Å². The van der Waals surface area contributed by atoms with E-state index in [2.05, 4.69) is 5.32 Å². The molecule has 7 heteroatoms. The Morgan fingerprint density at radius 1 is 1.00 bits per heavy atom. The van der Waals surface area contributed by atoms with E-state index in [4.69, 9.17) is 9.84 Å². The number of rotatable bonds is 6. The summed E-state index contributed by atoms with van der Waals surface area (Å²) in [7, 11) is 0. The van der Waals surface area contributed by atoms with Crippen LogP contribution in [0.3, 0.4) is 0 Å². The van der Waals surface area contributed by atoms with Gasteiger partial charge in [0.25, 0.3) is 5.91 Å². The van der Waals surface area contributed by atoms with Gasteiger partial charge in [0.15, 0.2) is 0 Å². The van der Waals surface area contributed by atoms with Gasteiger partial charge in [0.2, 0.25) is 0 Å². The first-order valence-electron chi connectivity index (χ1n) is 8.38. The summed E-state index contributed by atoms with van der Waals surface area (Å²) >= 11 is 0. The highest BCUT2D eigenvalue weighted by molar-refractivity contribution is 6.09. The molecule has 0 bridgehead atoms. The number of hydrogen-bond acceptors (Lipinski definition) is 3. The summed E-state index contributed by atoms with van der Waals surface area (Å²) in [6.45, 7) is -0.265. The fraction of sp³-hybridized carbons (Fsp3) is 0.200. The van der Waals surface area contributed by atoms with E-state index in [9.17, 15) is 18.4 Å². The van der Waals surface area contributed by atoms with Crippen molar-refractivity contribution in [3.63, 3.8) is 0 Å². The minimum atomic E-state index is -1.07. The maximum absolute atomic E-state index is 13.6. The van der Waals surface area contributed by atoms with Gasteiger partial charge < -0.3 is 15.2 Å². The Labute approximate surface area is 154 Å². The predicted octanol–water partition coefficient (Wildman–Crippen LogP) is 4.05. The van der Waals surface area contributed by atoms with Crippen molar-refractivity contribution in [1.82, 2.24) is 0 Å². The largest absolute Gasteiger partial charge is 0.489 e. The van der Waals surface area contributed by atoms with Crippen LogP contribution < -0.4 is 10.1 Å². The normalized spacial score (nSPS) is 13.6. The molecule has 0 fully saturated rings. The Hall–Kier alpha value is -3.22. The van der Waals surface area contributed by atoms with Crippen molar-refractivity contribution in [2.24, 2.45) is 0 Å². The van der Waals surface area contributed by atoms with Crippen molar-refractivity contribution in [1.29, 1.82) is 0 Å². The van der Waals surface area contributed by atoms with Gasteiger partial charge in [-0.15, -0.1) is 0 Å². The van der Waals surface area contributed by atoms with Crippen LogP contribution in [0, 0.1) is 11.6 Å². The first-order chi connectivity index (χ1) is 13.0. The van der Waals surface area contributed by atoms with E-state index in [0.717, 1.165) is 12.1 Å². The second kappa shape index (κ2) is 7.99. The molecular weight excluding hydrogens is 356 g/mol. The molecule has 140 valence electrons. The zero-order valence-corrected chi connectivity index (χ0v) is 14.3. The van der Waals surface area contributed by atoms with Crippen molar-refractivity contribution in [2.45, 2.75) is 25.9 Å². The number of ether oxygens (including phenoxy) is 1. The molecule has 0 heterocycles. The summed E-state index contributed by atoms with van der Waals surface area (Å²) in [5.74, 6) is -2.49. The Morgan fingerprint density at radius 3 is 2.26 bits per heavy atom. The lowest BCUT2D eigenvalue weighted by molar-refractivity contribution is -0.133. The molecule has 2 aromatic carbocycles. The van der Waals surface area contributed by atoms with Crippen molar-refractivity contribution >= 4 is 17.6 Å². The summed E-state index contributed by atoms with van der Waals surface area (Å²) in [5, 5.41) is 11.8. The fourth-order valence-corrected chi connectivity index (χ4v) is 2.90. The van der Waals surface area contributed by atoms with E-state index in [1.54, 1.807) is 24.3 Å². The van der Waals surface area contributed by atoms with Crippen LogP contribution in [0.1, 0.15) is 24.8 Å². The van der Waals surface area contributed by atoms with Gasteiger partial charge in [-0.05, 0) is 55.7 Å². The van der Waals surface area contributed by atoms with Crippen LogP contribution in [-0.2, 0) is 16.2 Å². The molecule has 1 aliphatic rings. The van der Waals surface area contributed by atoms with Gasteiger partial charge >= 0.3 is 5.97 Å². The molecule has 2 N–H and O–H groups in total. The third-order valence-corrected chi connectivity index (χ3v) is 4.31. The summed E-state index contributed by atoms with van der Waals surface area (Å²) in [6, 6.07) is 9.83. The molecule has 0 aromatic heterocycles. The molecule has 3 rings (SSSR count). The third-order valence-electron chi connectivity index (χ3n) is 4.31. The van der Waals surface area contributed by atoms with Crippen LogP contribution >= 0.6 is 0 Å². The summed E-state index contributed by atoms with van der Waals surface area (Å²) in [6.07, 6.45) is 1.46. The summed E-state index contributed by atoms with van der Waals surface area (Å²) < 4.78 is 32.5. The Morgan fingerprint density at radius 2 is 1.63 bits per heavy atom. The van der Waals surface area contributed by atoms with Crippen LogP contribution in [0.25, 0.3) is 0 Å². The van der Waals surface area contributed by atoms with E-state index in [-0.39, 0.29) is 23.3 Å². The summed E-state index contributed by atoms with van der Waals surface area (Å²) in [5.41, 5.74) is 0.745. The first kappa shape index (κ1) is 18.6. The monoisotopic (exact) mass is 373 g/mol. The molecule has 5 nitrogen and oxygen atoms in total. The first-order valence-corrected chi connectivity index (χ1v) is 8.38. The molecule has 0 aliphatic heterocycles. The molecular formula is C20H17F2NO4. The van der Waals surface area contributed by atoms with Crippen molar-refractivity contribution in [3.05, 3.63) is 70.8 Å². The molecule has 2 aromatic rings. The number of hydrogen-bond donors (Lipinski definition) is 2. The van der Waals surface area contributed by atoms with Gasteiger partial charge in [-0.2, -0.15) is 0 Å². The highest BCUT2D eigenvalue weighted by Gasteiger charge is 2.25. The minimum absolute atomic E-state index is 0.152. The maximum Gasteiger partial charge on any atom is 0.332 e. The number of halogens is 2. The van der Waals surface area contributed by atoms with Crippen molar-refractivity contribution in [2.75, 3.05) is 5.32 Å². The van der Waals surface area contributed by atoms with Gasteiger partial charge in [-0.3, -0.25) is 4.79 Å². The Balaban J connectivity index is 1.63. The number of benzene rings is 2. The molecule has 0 saturated heterocycles. The van der Waals surface area contributed by atoms with E-state index >= 15 is 0 Å². The van der Waals surface area contributed by atoms with Crippen molar-refractivity contribution in [3.8, 4) is 5.75 Å². The molecule has 0 radical (unpaired) electrons. The second-order valence-electron chi connectivity index (χ2n) is 6.08. The van der Waals surface area contributed by atoms with Crippen molar-refractivity contribution < 1.29 is 28.2 Å². The van der Waals surface area contributed by atoms with E-state index < -0.39 is 23.5 Å². The lowest BCUT2D eigenvalue weighted by atomic mass is 10.1.